The minimum atomic E-state index is -4.50. The topological polar surface area (TPSA) is 59.5 Å². The number of nitrogen functional groups attached to an aromatic ring is 1. The molecule has 1 aromatic heterocycles. The summed E-state index contributed by atoms with van der Waals surface area (Å²) in [5.74, 6) is -0.479. The summed E-state index contributed by atoms with van der Waals surface area (Å²) < 4.78 is 42.9. The second-order valence-corrected chi connectivity index (χ2v) is 4.48. The molecule has 0 aliphatic heterocycles. The fourth-order valence-electron chi connectivity index (χ4n) is 1.86. The summed E-state index contributed by atoms with van der Waals surface area (Å²) in [7, 11) is 0. The largest absolute Gasteiger partial charge is 0.467 e. The van der Waals surface area contributed by atoms with E-state index in [1.54, 1.807) is 12.1 Å². The van der Waals surface area contributed by atoms with Gasteiger partial charge in [0.15, 0.2) is 0 Å². The van der Waals surface area contributed by atoms with Gasteiger partial charge in [0, 0.05) is 11.3 Å². The Hall–Kier alpha value is -2.44. The molecule has 0 saturated carbocycles. The molecular formula is C14H13F3N2O2. The molecule has 0 aliphatic carbocycles. The lowest BCUT2D eigenvalue weighted by Crippen LogP contribution is -2.38. The highest BCUT2D eigenvalue weighted by Gasteiger charge is 2.33. The fourth-order valence-corrected chi connectivity index (χ4v) is 1.86. The van der Waals surface area contributed by atoms with Crippen molar-refractivity contribution < 1.29 is 22.4 Å². The van der Waals surface area contributed by atoms with Crippen molar-refractivity contribution in [2.45, 2.75) is 12.7 Å². The summed E-state index contributed by atoms with van der Waals surface area (Å²) in [6.07, 6.45) is -3.16. The number of amides is 1. The average molecular weight is 298 g/mol. The molecule has 0 unspecified atom stereocenters. The van der Waals surface area contributed by atoms with E-state index >= 15 is 0 Å². The van der Waals surface area contributed by atoms with Crippen molar-refractivity contribution in [3.8, 4) is 0 Å². The van der Waals surface area contributed by atoms with Gasteiger partial charge < -0.3 is 15.1 Å². The third-order valence-electron chi connectivity index (χ3n) is 2.72. The van der Waals surface area contributed by atoms with Crippen molar-refractivity contribution in [3.63, 3.8) is 0 Å². The lowest BCUT2D eigenvalue weighted by Gasteiger charge is -2.23. The monoisotopic (exact) mass is 298 g/mol. The molecule has 2 N–H and O–H groups in total. The predicted octanol–water partition coefficient (Wildman–Crippen LogP) is 3.07. The van der Waals surface area contributed by atoms with Crippen molar-refractivity contribution in [1.29, 1.82) is 0 Å². The number of halogens is 3. The van der Waals surface area contributed by atoms with Crippen LogP contribution in [-0.4, -0.2) is 23.5 Å². The number of carbonyl (C=O) groups is 1. The molecule has 1 aromatic carbocycles. The summed E-state index contributed by atoms with van der Waals surface area (Å²) in [4.78, 5) is 12.9. The van der Waals surface area contributed by atoms with Gasteiger partial charge in [0.1, 0.15) is 12.3 Å². The number of hydrogen-bond donors (Lipinski definition) is 1. The van der Waals surface area contributed by atoms with Crippen LogP contribution in [0.25, 0.3) is 0 Å². The lowest BCUT2D eigenvalue weighted by molar-refractivity contribution is -0.142. The SMILES string of the molecule is Nc1cccc(C(=O)N(Cc2ccco2)CC(F)(F)F)c1. The Kier molecular flexibility index (Phi) is 4.21. The number of alkyl halides is 3. The lowest BCUT2D eigenvalue weighted by atomic mass is 10.1. The first-order chi connectivity index (χ1) is 9.85. The third kappa shape index (κ3) is 4.27. The number of carbonyl (C=O) groups excluding carboxylic acids is 1. The highest BCUT2D eigenvalue weighted by molar-refractivity contribution is 5.95. The molecule has 0 aliphatic rings. The number of rotatable bonds is 4. The zero-order valence-corrected chi connectivity index (χ0v) is 10.9. The minimum Gasteiger partial charge on any atom is -0.467 e. The molecule has 0 fully saturated rings. The van der Waals surface area contributed by atoms with Gasteiger partial charge in [-0.2, -0.15) is 13.2 Å². The summed E-state index contributed by atoms with van der Waals surface area (Å²) in [5, 5.41) is 0. The maximum absolute atomic E-state index is 12.6. The van der Waals surface area contributed by atoms with Crippen molar-refractivity contribution >= 4 is 11.6 Å². The van der Waals surface area contributed by atoms with E-state index in [4.69, 9.17) is 10.2 Å². The van der Waals surface area contributed by atoms with Crippen LogP contribution in [0.1, 0.15) is 16.1 Å². The van der Waals surface area contributed by atoms with E-state index in [1.165, 1.54) is 30.5 Å². The summed E-state index contributed by atoms with van der Waals surface area (Å²) in [5.41, 5.74) is 5.96. The number of benzene rings is 1. The van der Waals surface area contributed by atoms with Crippen LogP contribution in [0.3, 0.4) is 0 Å². The second kappa shape index (κ2) is 5.90. The van der Waals surface area contributed by atoms with E-state index in [-0.39, 0.29) is 17.9 Å². The number of nitrogens with two attached hydrogens (primary N) is 1. The van der Waals surface area contributed by atoms with Gasteiger partial charge in [-0.25, -0.2) is 0 Å². The molecule has 2 aromatic rings. The van der Waals surface area contributed by atoms with Crippen LogP contribution < -0.4 is 5.73 Å². The number of anilines is 1. The molecule has 1 amide bonds. The van der Waals surface area contributed by atoms with Crippen LogP contribution >= 0.6 is 0 Å². The Morgan fingerprint density at radius 3 is 2.57 bits per heavy atom. The van der Waals surface area contributed by atoms with E-state index < -0.39 is 18.6 Å². The standard InChI is InChI=1S/C14H13F3N2O2/c15-14(16,17)9-19(8-12-5-2-6-21-12)13(20)10-3-1-4-11(18)7-10/h1-7H,8-9,18H2. The highest BCUT2D eigenvalue weighted by Crippen LogP contribution is 2.21. The zero-order valence-electron chi connectivity index (χ0n) is 10.9. The van der Waals surface area contributed by atoms with Crippen LogP contribution in [-0.2, 0) is 6.54 Å². The molecule has 1 heterocycles. The van der Waals surface area contributed by atoms with E-state index in [0.29, 0.717) is 10.6 Å². The molecule has 0 radical (unpaired) electrons. The first-order valence-electron chi connectivity index (χ1n) is 6.09. The van der Waals surface area contributed by atoms with Gasteiger partial charge in [0.05, 0.1) is 12.8 Å². The third-order valence-corrected chi connectivity index (χ3v) is 2.72. The molecule has 0 atom stereocenters. The van der Waals surface area contributed by atoms with Crippen molar-refractivity contribution in [2.24, 2.45) is 0 Å². The summed E-state index contributed by atoms with van der Waals surface area (Å²) in [6.45, 7) is -1.62. The van der Waals surface area contributed by atoms with Gasteiger partial charge in [0.25, 0.3) is 5.91 Å². The van der Waals surface area contributed by atoms with Crippen LogP contribution in [0.15, 0.2) is 47.1 Å². The molecule has 0 saturated heterocycles. The Morgan fingerprint density at radius 2 is 2.00 bits per heavy atom. The Bertz CT molecular complexity index is 609. The van der Waals surface area contributed by atoms with Crippen molar-refractivity contribution in [3.05, 3.63) is 54.0 Å². The minimum absolute atomic E-state index is 0.103. The van der Waals surface area contributed by atoms with Crippen LogP contribution in [0.2, 0.25) is 0 Å². The quantitative estimate of drug-likeness (QED) is 0.882. The number of hydrogen-bond acceptors (Lipinski definition) is 3. The van der Waals surface area contributed by atoms with Gasteiger partial charge in [-0.15, -0.1) is 0 Å². The Labute approximate surface area is 119 Å². The van der Waals surface area contributed by atoms with Crippen molar-refractivity contribution in [1.82, 2.24) is 4.90 Å². The molecule has 4 nitrogen and oxygen atoms in total. The first kappa shape index (κ1) is 15.0. The van der Waals surface area contributed by atoms with Crippen LogP contribution in [0.4, 0.5) is 18.9 Å². The second-order valence-electron chi connectivity index (χ2n) is 4.48. The molecule has 2 rings (SSSR count). The van der Waals surface area contributed by atoms with Gasteiger partial charge in [-0.05, 0) is 30.3 Å². The molecular weight excluding hydrogens is 285 g/mol. The van der Waals surface area contributed by atoms with Gasteiger partial charge >= 0.3 is 6.18 Å². The van der Waals surface area contributed by atoms with Gasteiger partial charge in [-0.1, -0.05) is 6.07 Å². The van der Waals surface area contributed by atoms with E-state index in [1.807, 2.05) is 0 Å². The molecule has 112 valence electrons. The van der Waals surface area contributed by atoms with Gasteiger partial charge in [0.2, 0.25) is 0 Å². The zero-order chi connectivity index (χ0) is 15.5. The Morgan fingerprint density at radius 1 is 1.24 bits per heavy atom. The number of nitrogens with zero attached hydrogens (tertiary/aromatic N) is 1. The average Bonchev–Trinajstić information content (AvgIpc) is 2.88. The van der Waals surface area contributed by atoms with Crippen LogP contribution in [0.5, 0.6) is 0 Å². The summed E-state index contributed by atoms with van der Waals surface area (Å²) in [6, 6.07) is 8.89. The smallest absolute Gasteiger partial charge is 0.406 e. The van der Waals surface area contributed by atoms with Crippen molar-refractivity contribution in [2.75, 3.05) is 12.3 Å². The maximum atomic E-state index is 12.6. The fraction of sp³-hybridized carbons (Fsp3) is 0.214. The molecule has 21 heavy (non-hydrogen) atoms. The molecule has 7 heteroatoms. The van der Waals surface area contributed by atoms with Crippen LogP contribution in [0, 0.1) is 0 Å². The van der Waals surface area contributed by atoms with E-state index in [0.717, 1.165) is 0 Å². The molecule has 0 spiro atoms. The highest BCUT2D eigenvalue weighted by atomic mass is 19.4. The number of furan rings is 1. The first-order valence-corrected chi connectivity index (χ1v) is 6.09. The summed E-state index contributed by atoms with van der Waals surface area (Å²) >= 11 is 0. The van der Waals surface area contributed by atoms with E-state index in [9.17, 15) is 18.0 Å². The maximum Gasteiger partial charge on any atom is 0.406 e. The molecule has 0 bridgehead atoms. The van der Waals surface area contributed by atoms with Gasteiger partial charge in [-0.3, -0.25) is 4.79 Å². The van der Waals surface area contributed by atoms with E-state index in [2.05, 4.69) is 0 Å². The Balaban J connectivity index is 2.23. The predicted molar refractivity (Wildman–Crippen MR) is 70.4 cm³/mol. The normalized spacial score (nSPS) is 11.4.